The smallest absolute Gasteiger partial charge is 0.230 e. The lowest BCUT2D eigenvalue weighted by Crippen LogP contribution is -2.10. The van der Waals surface area contributed by atoms with Crippen molar-refractivity contribution >= 4 is 28.3 Å². The zero-order chi connectivity index (χ0) is 19.6. The van der Waals surface area contributed by atoms with E-state index in [1.807, 2.05) is 13.8 Å². The standard InChI is InChI=1S/C20H17FN4O2/c1-11(2)9-17(22)24-19-15-8-7-14(26)10-16(15)23-20(25-19)18(27)12-3-5-13(21)6-4-12/h3-10,26H,1-2H3,(H2,22,23,24,25). The summed E-state index contributed by atoms with van der Waals surface area (Å²) in [6.45, 7) is 3.75. The van der Waals surface area contributed by atoms with Gasteiger partial charge >= 0.3 is 0 Å². The van der Waals surface area contributed by atoms with Gasteiger partial charge in [0, 0.05) is 17.0 Å². The van der Waals surface area contributed by atoms with Crippen LogP contribution in [0.5, 0.6) is 5.75 Å². The van der Waals surface area contributed by atoms with Crippen LogP contribution in [0.1, 0.15) is 30.0 Å². The van der Waals surface area contributed by atoms with Gasteiger partial charge in [-0.15, -0.1) is 0 Å². The molecule has 3 rings (SSSR count). The molecule has 0 aliphatic carbocycles. The number of phenolic OH excluding ortho intramolecular Hbond substituents is 1. The highest BCUT2D eigenvalue weighted by molar-refractivity contribution is 6.08. The highest BCUT2D eigenvalue weighted by Crippen LogP contribution is 2.27. The number of rotatable bonds is 4. The van der Waals surface area contributed by atoms with Crippen molar-refractivity contribution < 1.29 is 14.3 Å². The number of phenols is 1. The number of hydrogen-bond acceptors (Lipinski definition) is 5. The Morgan fingerprint density at radius 3 is 2.52 bits per heavy atom. The van der Waals surface area contributed by atoms with Gasteiger partial charge in [0.15, 0.2) is 5.82 Å². The minimum atomic E-state index is -0.488. The number of nitrogens with zero attached hydrogens (tertiary/aromatic N) is 3. The Morgan fingerprint density at radius 1 is 1.15 bits per heavy atom. The first kappa shape index (κ1) is 18.2. The van der Waals surface area contributed by atoms with Crippen LogP contribution in [0.15, 0.2) is 59.1 Å². The maximum atomic E-state index is 13.1. The third kappa shape index (κ3) is 4.14. The third-order valence-electron chi connectivity index (χ3n) is 3.64. The lowest BCUT2D eigenvalue weighted by Gasteiger charge is -2.06. The zero-order valence-electron chi connectivity index (χ0n) is 14.8. The summed E-state index contributed by atoms with van der Waals surface area (Å²) in [4.78, 5) is 25.4. The Morgan fingerprint density at radius 2 is 1.85 bits per heavy atom. The number of aromatic hydroxyl groups is 1. The molecule has 1 aromatic heterocycles. The molecule has 3 N–H and O–H groups in total. The summed E-state index contributed by atoms with van der Waals surface area (Å²) in [5, 5.41) is 10.3. The first-order valence-electron chi connectivity index (χ1n) is 8.13. The second kappa shape index (κ2) is 7.33. The van der Waals surface area contributed by atoms with Gasteiger partial charge in [0.1, 0.15) is 17.4 Å². The number of allylic oxidation sites excluding steroid dienone is 1. The second-order valence-corrected chi connectivity index (χ2v) is 6.17. The average molecular weight is 364 g/mol. The van der Waals surface area contributed by atoms with E-state index < -0.39 is 11.6 Å². The number of carbonyl (C=O) groups excluding carboxylic acids is 1. The van der Waals surface area contributed by atoms with Crippen molar-refractivity contribution in [2.24, 2.45) is 10.7 Å². The third-order valence-corrected chi connectivity index (χ3v) is 3.64. The highest BCUT2D eigenvalue weighted by Gasteiger charge is 2.16. The molecule has 7 heteroatoms. The SMILES string of the molecule is CC(C)=CC(N)=Nc1nc(C(=O)c2ccc(F)cc2)nc2cc(O)ccc12. The van der Waals surface area contributed by atoms with Crippen molar-refractivity contribution in [1.29, 1.82) is 0 Å². The van der Waals surface area contributed by atoms with Gasteiger partial charge in [-0.2, -0.15) is 0 Å². The number of fused-ring (bicyclic) bond motifs is 1. The summed E-state index contributed by atoms with van der Waals surface area (Å²) in [7, 11) is 0. The molecule has 136 valence electrons. The van der Waals surface area contributed by atoms with E-state index in [1.54, 1.807) is 12.1 Å². The predicted octanol–water partition coefficient (Wildman–Crippen LogP) is 3.66. The lowest BCUT2D eigenvalue weighted by molar-refractivity contribution is 0.102. The van der Waals surface area contributed by atoms with Gasteiger partial charge in [-0.05, 0) is 56.3 Å². The molecular weight excluding hydrogens is 347 g/mol. The number of aromatic nitrogens is 2. The summed E-state index contributed by atoms with van der Waals surface area (Å²) in [5.74, 6) is -0.631. The van der Waals surface area contributed by atoms with Crippen molar-refractivity contribution in [3.8, 4) is 5.75 Å². The number of halogens is 1. The largest absolute Gasteiger partial charge is 0.508 e. The Bertz CT molecular complexity index is 1090. The molecule has 0 unspecified atom stereocenters. The van der Waals surface area contributed by atoms with Crippen LogP contribution >= 0.6 is 0 Å². The van der Waals surface area contributed by atoms with E-state index in [4.69, 9.17) is 5.73 Å². The molecule has 27 heavy (non-hydrogen) atoms. The predicted molar refractivity (Wildman–Crippen MR) is 102 cm³/mol. The van der Waals surface area contributed by atoms with Crippen molar-refractivity contribution in [2.75, 3.05) is 0 Å². The number of aliphatic imine (C=N–C) groups is 1. The van der Waals surface area contributed by atoms with Crippen LogP contribution in [0.2, 0.25) is 0 Å². The Kier molecular flexibility index (Phi) is 4.94. The monoisotopic (exact) mass is 364 g/mol. The van der Waals surface area contributed by atoms with Crippen LogP contribution in [-0.4, -0.2) is 26.7 Å². The fourth-order valence-corrected chi connectivity index (χ4v) is 2.47. The molecule has 0 atom stereocenters. The Labute approximate surface area is 154 Å². The minimum absolute atomic E-state index is 0.00594. The molecule has 0 radical (unpaired) electrons. The maximum absolute atomic E-state index is 13.1. The molecule has 0 saturated carbocycles. The van der Waals surface area contributed by atoms with Crippen LogP contribution in [-0.2, 0) is 0 Å². The fraction of sp³-hybridized carbons (Fsp3) is 0.100. The van der Waals surface area contributed by atoms with E-state index >= 15 is 0 Å². The van der Waals surface area contributed by atoms with Crippen LogP contribution < -0.4 is 5.73 Å². The molecule has 0 aliphatic rings. The number of amidine groups is 1. The van der Waals surface area contributed by atoms with Gasteiger partial charge in [-0.1, -0.05) is 5.57 Å². The van der Waals surface area contributed by atoms with Gasteiger partial charge in [0.05, 0.1) is 5.52 Å². The molecule has 0 fully saturated rings. The minimum Gasteiger partial charge on any atom is -0.508 e. The zero-order valence-corrected chi connectivity index (χ0v) is 14.8. The van der Waals surface area contributed by atoms with E-state index in [0.29, 0.717) is 10.9 Å². The molecule has 3 aromatic rings. The molecule has 2 aromatic carbocycles. The first-order valence-corrected chi connectivity index (χ1v) is 8.13. The number of carbonyl (C=O) groups is 1. The van der Waals surface area contributed by atoms with Crippen molar-refractivity contribution in [2.45, 2.75) is 13.8 Å². The van der Waals surface area contributed by atoms with Gasteiger partial charge in [0.25, 0.3) is 0 Å². The summed E-state index contributed by atoms with van der Waals surface area (Å²) in [6.07, 6.45) is 1.68. The normalized spacial score (nSPS) is 11.4. The molecule has 0 bridgehead atoms. The van der Waals surface area contributed by atoms with Crippen molar-refractivity contribution in [1.82, 2.24) is 9.97 Å². The van der Waals surface area contributed by atoms with Gasteiger partial charge in [-0.3, -0.25) is 4.79 Å². The highest BCUT2D eigenvalue weighted by atomic mass is 19.1. The van der Waals surface area contributed by atoms with E-state index in [0.717, 1.165) is 5.57 Å². The topological polar surface area (TPSA) is 101 Å². The summed E-state index contributed by atoms with van der Waals surface area (Å²) >= 11 is 0. The lowest BCUT2D eigenvalue weighted by atomic mass is 10.1. The number of ketones is 1. The summed E-state index contributed by atoms with van der Waals surface area (Å²) in [5.41, 5.74) is 7.46. The van der Waals surface area contributed by atoms with Crippen molar-refractivity contribution in [3.63, 3.8) is 0 Å². The summed E-state index contributed by atoms with van der Waals surface area (Å²) < 4.78 is 13.1. The van der Waals surface area contributed by atoms with Crippen LogP contribution in [0.25, 0.3) is 10.9 Å². The Balaban J connectivity index is 2.18. The van der Waals surface area contributed by atoms with E-state index in [1.165, 1.54) is 36.4 Å². The maximum Gasteiger partial charge on any atom is 0.230 e. The first-order chi connectivity index (χ1) is 12.8. The van der Waals surface area contributed by atoms with E-state index in [-0.39, 0.29) is 28.8 Å². The number of hydrogen-bond donors (Lipinski definition) is 2. The molecule has 6 nitrogen and oxygen atoms in total. The van der Waals surface area contributed by atoms with Gasteiger partial charge in [-0.25, -0.2) is 19.4 Å². The molecule has 0 saturated heterocycles. The molecule has 0 amide bonds. The fourth-order valence-electron chi connectivity index (χ4n) is 2.47. The number of benzene rings is 2. The molecule has 0 spiro atoms. The average Bonchev–Trinajstić information content (AvgIpc) is 2.60. The molecular formula is C20H17FN4O2. The second-order valence-electron chi connectivity index (χ2n) is 6.17. The Hall–Kier alpha value is -3.61. The van der Waals surface area contributed by atoms with E-state index in [2.05, 4.69) is 15.0 Å². The number of nitrogens with two attached hydrogens (primary N) is 1. The van der Waals surface area contributed by atoms with Gasteiger partial charge < -0.3 is 10.8 Å². The van der Waals surface area contributed by atoms with Crippen LogP contribution in [0, 0.1) is 5.82 Å². The van der Waals surface area contributed by atoms with Crippen LogP contribution in [0.4, 0.5) is 10.2 Å². The quantitative estimate of drug-likeness (QED) is 0.418. The summed E-state index contributed by atoms with van der Waals surface area (Å²) in [6, 6.07) is 9.57. The molecule has 1 heterocycles. The van der Waals surface area contributed by atoms with Crippen molar-refractivity contribution in [3.05, 3.63) is 71.3 Å². The van der Waals surface area contributed by atoms with Crippen LogP contribution in [0.3, 0.4) is 0 Å². The molecule has 0 aliphatic heterocycles. The van der Waals surface area contributed by atoms with Gasteiger partial charge in [0.2, 0.25) is 11.6 Å². The van der Waals surface area contributed by atoms with E-state index in [9.17, 15) is 14.3 Å².